The van der Waals surface area contributed by atoms with Crippen molar-refractivity contribution in [1.29, 1.82) is 0 Å². The number of halogens is 1. The van der Waals surface area contributed by atoms with Crippen LogP contribution >= 0.6 is 11.6 Å². The molecule has 0 aliphatic rings. The fourth-order valence-electron chi connectivity index (χ4n) is 1.33. The minimum absolute atomic E-state index is 0.0855. The summed E-state index contributed by atoms with van der Waals surface area (Å²) in [5.41, 5.74) is 0.254. The lowest BCUT2D eigenvalue weighted by Crippen LogP contribution is -2.14. The summed E-state index contributed by atoms with van der Waals surface area (Å²) in [7, 11) is -3.80. The molecule has 100 valence electrons. The zero-order valence-electron chi connectivity index (χ0n) is 9.94. The molecule has 1 amide bonds. The van der Waals surface area contributed by atoms with Crippen molar-refractivity contribution in [3.63, 3.8) is 0 Å². The molecule has 0 saturated heterocycles. The Morgan fingerprint density at radius 3 is 2.67 bits per heavy atom. The van der Waals surface area contributed by atoms with Gasteiger partial charge in [-0.3, -0.25) is 4.79 Å². The van der Waals surface area contributed by atoms with Crippen molar-refractivity contribution >= 4 is 33.2 Å². The van der Waals surface area contributed by atoms with Crippen molar-refractivity contribution in [2.24, 2.45) is 5.14 Å². The standard InChI is InChI=1S/C11H15ClN2O3S/c1-2-3-4-11(15)14-10-7-8(18(13,16)17)5-6-9(10)12/h5-7H,2-4H2,1H3,(H,14,15)(H2,13,16,17). The van der Waals surface area contributed by atoms with Gasteiger partial charge in [0.2, 0.25) is 15.9 Å². The summed E-state index contributed by atoms with van der Waals surface area (Å²) in [6.45, 7) is 1.97. The molecule has 0 spiro atoms. The Kier molecular flexibility index (Phi) is 5.13. The van der Waals surface area contributed by atoms with Crippen LogP contribution in [-0.2, 0) is 14.8 Å². The van der Waals surface area contributed by atoms with Gasteiger partial charge in [-0.2, -0.15) is 0 Å². The minimum Gasteiger partial charge on any atom is -0.325 e. The fourth-order valence-corrected chi connectivity index (χ4v) is 2.03. The third kappa shape index (κ3) is 4.29. The van der Waals surface area contributed by atoms with Crippen LogP contribution in [0.2, 0.25) is 5.02 Å². The number of hydrogen-bond acceptors (Lipinski definition) is 3. The Morgan fingerprint density at radius 1 is 1.44 bits per heavy atom. The van der Waals surface area contributed by atoms with Crippen LogP contribution in [0.1, 0.15) is 26.2 Å². The summed E-state index contributed by atoms with van der Waals surface area (Å²) in [5, 5.41) is 7.84. The van der Waals surface area contributed by atoms with E-state index in [1.807, 2.05) is 6.92 Å². The van der Waals surface area contributed by atoms with Gasteiger partial charge in [0.15, 0.2) is 0 Å². The number of anilines is 1. The molecule has 1 aromatic carbocycles. The van der Waals surface area contributed by atoms with Gasteiger partial charge in [0.1, 0.15) is 0 Å². The third-order valence-electron chi connectivity index (χ3n) is 2.30. The van der Waals surface area contributed by atoms with Gasteiger partial charge >= 0.3 is 0 Å². The molecule has 5 nitrogen and oxygen atoms in total. The van der Waals surface area contributed by atoms with Gasteiger partial charge in [0.05, 0.1) is 15.6 Å². The van der Waals surface area contributed by atoms with Crippen LogP contribution in [-0.4, -0.2) is 14.3 Å². The van der Waals surface area contributed by atoms with Crippen LogP contribution in [0.4, 0.5) is 5.69 Å². The Balaban J connectivity index is 2.92. The number of hydrogen-bond donors (Lipinski definition) is 2. The number of benzene rings is 1. The highest BCUT2D eigenvalue weighted by Crippen LogP contribution is 2.25. The first-order valence-corrected chi connectivity index (χ1v) is 7.39. The zero-order valence-corrected chi connectivity index (χ0v) is 11.5. The van der Waals surface area contributed by atoms with E-state index < -0.39 is 10.0 Å². The molecule has 0 heterocycles. The molecule has 0 radical (unpaired) electrons. The molecule has 0 aliphatic heterocycles. The van der Waals surface area contributed by atoms with E-state index in [0.717, 1.165) is 12.8 Å². The molecule has 1 aromatic rings. The monoisotopic (exact) mass is 290 g/mol. The molecule has 0 unspecified atom stereocenters. The third-order valence-corrected chi connectivity index (χ3v) is 3.54. The quantitative estimate of drug-likeness (QED) is 0.870. The smallest absolute Gasteiger partial charge is 0.238 e. The van der Waals surface area contributed by atoms with Gasteiger partial charge < -0.3 is 5.32 Å². The van der Waals surface area contributed by atoms with Crippen LogP contribution in [0.3, 0.4) is 0 Å². The second-order valence-electron chi connectivity index (χ2n) is 3.84. The number of carbonyl (C=O) groups excluding carboxylic acids is 1. The highest BCUT2D eigenvalue weighted by molar-refractivity contribution is 7.89. The number of primary sulfonamides is 1. The maximum absolute atomic E-state index is 11.5. The number of nitrogens with two attached hydrogens (primary N) is 1. The first-order chi connectivity index (χ1) is 8.34. The molecule has 7 heteroatoms. The van der Waals surface area contributed by atoms with Crippen LogP contribution in [0.5, 0.6) is 0 Å². The number of unbranched alkanes of at least 4 members (excludes halogenated alkanes) is 1. The maximum atomic E-state index is 11.5. The van der Waals surface area contributed by atoms with Crippen molar-refractivity contribution in [3.05, 3.63) is 23.2 Å². The van der Waals surface area contributed by atoms with E-state index in [2.05, 4.69) is 5.32 Å². The molecule has 1 rings (SSSR count). The van der Waals surface area contributed by atoms with E-state index in [4.69, 9.17) is 16.7 Å². The molecule has 0 bridgehead atoms. The average Bonchev–Trinajstić information content (AvgIpc) is 2.28. The average molecular weight is 291 g/mol. The predicted octanol–water partition coefficient (Wildman–Crippen LogP) is 2.12. The van der Waals surface area contributed by atoms with Gasteiger partial charge in [-0.05, 0) is 24.6 Å². The van der Waals surface area contributed by atoms with E-state index in [-0.39, 0.29) is 21.5 Å². The summed E-state index contributed by atoms with van der Waals surface area (Å²) in [6, 6.07) is 3.93. The van der Waals surface area contributed by atoms with Crippen LogP contribution < -0.4 is 10.5 Å². The highest BCUT2D eigenvalue weighted by Gasteiger charge is 2.12. The van der Waals surface area contributed by atoms with Gasteiger partial charge in [-0.1, -0.05) is 24.9 Å². The lowest BCUT2D eigenvalue weighted by Gasteiger charge is -2.08. The Morgan fingerprint density at radius 2 is 2.11 bits per heavy atom. The van der Waals surface area contributed by atoms with Crippen molar-refractivity contribution < 1.29 is 13.2 Å². The lowest BCUT2D eigenvalue weighted by molar-refractivity contribution is -0.116. The number of sulfonamides is 1. The summed E-state index contributed by atoms with van der Waals surface area (Å²) in [5.74, 6) is -0.203. The molecule has 0 fully saturated rings. The lowest BCUT2D eigenvalue weighted by atomic mass is 10.2. The van der Waals surface area contributed by atoms with E-state index in [0.29, 0.717) is 6.42 Å². The van der Waals surface area contributed by atoms with Gasteiger partial charge in [0.25, 0.3) is 0 Å². The number of rotatable bonds is 5. The molecule has 0 saturated carbocycles. The topological polar surface area (TPSA) is 89.3 Å². The molecular weight excluding hydrogens is 276 g/mol. The highest BCUT2D eigenvalue weighted by atomic mass is 35.5. The SMILES string of the molecule is CCCCC(=O)Nc1cc(S(N)(=O)=O)ccc1Cl. The molecule has 0 atom stereocenters. The van der Waals surface area contributed by atoms with E-state index in [9.17, 15) is 13.2 Å². The molecular formula is C11H15ClN2O3S. The Hall–Kier alpha value is -1.11. The summed E-state index contributed by atoms with van der Waals surface area (Å²) in [4.78, 5) is 11.4. The van der Waals surface area contributed by atoms with Crippen molar-refractivity contribution in [1.82, 2.24) is 0 Å². The first kappa shape index (κ1) is 14.9. The predicted molar refractivity (Wildman–Crippen MR) is 71.0 cm³/mol. The zero-order chi connectivity index (χ0) is 13.8. The van der Waals surface area contributed by atoms with Crippen molar-refractivity contribution in [2.75, 3.05) is 5.32 Å². The van der Waals surface area contributed by atoms with E-state index >= 15 is 0 Å². The Bertz CT molecular complexity index is 543. The van der Waals surface area contributed by atoms with Crippen LogP contribution in [0, 0.1) is 0 Å². The molecule has 3 N–H and O–H groups in total. The Labute approximate surface area is 111 Å². The molecule has 0 aromatic heterocycles. The second kappa shape index (κ2) is 6.17. The van der Waals surface area contributed by atoms with Crippen LogP contribution in [0.15, 0.2) is 23.1 Å². The summed E-state index contributed by atoms with van der Waals surface area (Å²) in [6.07, 6.45) is 2.03. The van der Waals surface area contributed by atoms with Gasteiger partial charge in [-0.25, -0.2) is 13.6 Å². The summed E-state index contributed by atoms with van der Waals surface area (Å²) >= 11 is 5.87. The van der Waals surface area contributed by atoms with Crippen molar-refractivity contribution in [2.45, 2.75) is 31.1 Å². The number of amides is 1. The first-order valence-electron chi connectivity index (χ1n) is 5.46. The summed E-state index contributed by atoms with van der Waals surface area (Å²) < 4.78 is 22.4. The van der Waals surface area contributed by atoms with Gasteiger partial charge in [-0.15, -0.1) is 0 Å². The largest absolute Gasteiger partial charge is 0.325 e. The minimum atomic E-state index is -3.80. The van der Waals surface area contributed by atoms with Gasteiger partial charge in [0, 0.05) is 6.42 Å². The van der Waals surface area contributed by atoms with E-state index in [1.165, 1.54) is 18.2 Å². The molecule has 0 aliphatic carbocycles. The number of nitrogens with one attached hydrogen (secondary N) is 1. The normalized spacial score (nSPS) is 11.3. The van der Waals surface area contributed by atoms with Crippen LogP contribution in [0.25, 0.3) is 0 Å². The van der Waals surface area contributed by atoms with E-state index in [1.54, 1.807) is 0 Å². The second-order valence-corrected chi connectivity index (χ2v) is 5.81. The molecule has 18 heavy (non-hydrogen) atoms. The maximum Gasteiger partial charge on any atom is 0.238 e. The fraction of sp³-hybridized carbons (Fsp3) is 0.364. The van der Waals surface area contributed by atoms with Crippen molar-refractivity contribution in [3.8, 4) is 0 Å². The number of carbonyl (C=O) groups is 1.